The van der Waals surface area contributed by atoms with Crippen molar-refractivity contribution in [3.05, 3.63) is 27.7 Å². The summed E-state index contributed by atoms with van der Waals surface area (Å²) in [5.74, 6) is 1.04. The molecule has 0 unspecified atom stereocenters. The average Bonchev–Trinajstić information content (AvgIpc) is 2.33. The lowest BCUT2D eigenvalue weighted by Gasteiger charge is -2.09. The Morgan fingerprint density at radius 3 is 2.55 bits per heavy atom. The van der Waals surface area contributed by atoms with Gasteiger partial charge in [0, 0.05) is 13.0 Å². The van der Waals surface area contributed by atoms with Crippen molar-refractivity contribution in [2.24, 2.45) is 0 Å². The van der Waals surface area contributed by atoms with Crippen LogP contribution in [0.15, 0.2) is 17.0 Å². The van der Waals surface area contributed by atoms with Gasteiger partial charge < -0.3 is 5.11 Å². The summed E-state index contributed by atoms with van der Waals surface area (Å²) in [5.41, 5.74) is -0.333. The molecule has 2 N–H and O–H groups in total. The summed E-state index contributed by atoms with van der Waals surface area (Å²) in [7, 11) is -3.92. The number of hydrogen-bond acceptors (Lipinski definition) is 3. The van der Waals surface area contributed by atoms with Crippen LogP contribution in [0.3, 0.4) is 0 Å². The van der Waals surface area contributed by atoms with Crippen molar-refractivity contribution >= 4 is 39.2 Å². The van der Waals surface area contributed by atoms with E-state index in [1.807, 2.05) is 0 Å². The minimum Gasteiger partial charge on any atom is -0.478 e. The number of aromatic carboxylic acids is 1. The molecule has 0 amide bonds. The van der Waals surface area contributed by atoms with Crippen LogP contribution in [0.5, 0.6) is 0 Å². The van der Waals surface area contributed by atoms with Crippen LogP contribution < -0.4 is 4.72 Å². The predicted molar refractivity (Wildman–Crippen MR) is 76.7 cm³/mol. The van der Waals surface area contributed by atoms with E-state index in [0.717, 1.165) is 12.1 Å². The van der Waals surface area contributed by atoms with Gasteiger partial charge in [0.2, 0.25) is 10.0 Å². The first kappa shape index (κ1) is 16.8. The summed E-state index contributed by atoms with van der Waals surface area (Å²) in [6.45, 7) is 0.133. The van der Waals surface area contributed by atoms with Gasteiger partial charge in [-0.15, -0.1) is 12.3 Å². The van der Waals surface area contributed by atoms with Crippen LogP contribution >= 0.6 is 23.2 Å². The lowest BCUT2D eigenvalue weighted by atomic mass is 10.2. The summed E-state index contributed by atoms with van der Waals surface area (Å²) in [6, 6.07) is 2.01. The highest BCUT2D eigenvalue weighted by Crippen LogP contribution is 2.28. The van der Waals surface area contributed by atoms with Crippen molar-refractivity contribution in [2.75, 3.05) is 6.54 Å². The Balaban J connectivity index is 3.09. The maximum Gasteiger partial charge on any atom is 0.337 e. The number of halogens is 2. The highest BCUT2D eigenvalue weighted by Gasteiger charge is 2.21. The third kappa shape index (κ3) is 4.12. The monoisotopic (exact) mass is 335 g/mol. The molecule has 1 rings (SSSR count). The van der Waals surface area contributed by atoms with Crippen molar-refractivity contribution in [1.29, 1.82) is 0 Å². The largest absolute Gasteiger partial charge is 0.478 e. The molecule has 0 heterocycles. The van der Waals surface area contributed by atoms with Gasteiger partial charge in [-0.1, -0.05) is 23.2 Å². The van der Waals surface area contributed by atoms with Crippen LogP contribution in [-0.2, 0) is 10.0 Å². The van der Waals surface area contributed by atoms with Gasteiger partial charge in [-0.25, -0.2) is 17.9 Å². The number of carbonyl (C=O) groups is 1. The number of benzene rings is 1. The zero-order chi connectivity index (χ0) is 15.3. The van der Waals surface area contributed by atoms with Gasteiger partial charge in [-0.3, -0.25) is 0 Å². The summed E-state index contributed by atoms with van der Waals surface area (Å²) >= 11 is 11.5. The number of rotatable bonds is 6. The summed E-state index contributed by atoms with van der Waals surface area (Å²) in [6.07, 6.45) is 5.95. The Labute approximate surface area is 126 Å². The third-order valence-corrected chi connectivity index (χ3v) is 4.57. The number of unbranched alkanes of at least 4 members (excludes halogenated alkanes) is 1. The highest BCUT2D eigenvalue weighted by molar-refractivity contribution is 7.89. The Bertz CT molecular complexity index is 665. The molecule has 0 atom stereocenters. The van der Waals surface area contributed by atoms with Gasteiger partial charge in [0.15, 0.2) is 0 Å². The van der Waals surface area contributed by atoms with Gasteiger partial charge in [0.25, 0.3) is 0 Å². The lowest BCUT2D eigenvalue weighted by Crippen LogP contribution is -2.25. The molecule has 0 spiro atoms. The second-order valence-electron chi connectivity index (χ2n) is 3.77. The van der Waals surface area contributed by atoms with Crippen LogP contribution in [-0.4, -0.2) is 26.0 Å². The molecule has 0 aliphatic heterocycles. The Hall–Kier alpha value is -1.26. The predicted octanol–water partition coefficient (Wildman–Crippen LogP) is 2.38. The van der Waals surface area contributed by atoms with E-state index < -0.39 is 16.0 Å². The molecule has 108 valence electrons. The minimum absolute atomic E-state index is 0.131. The van der Waals surface area contributed by atoms with Crippen molar-refractivity contribution in [1.82, 2.24) is 4.72 Å². The number of carboxylic acids is 1. The molecule has 1 aromatic rings. The summed E-state index contributed by atoms with van der Waals surface area (Å²) in [5, 5.41) is 8.65. The first-order chi connectivity index (χ1) is 9.29. The summed E-state index contributed by atoms with van der Waals surface area (Å²) < 4.78 is 26.3. The standard InChI is InChI=1S/C12H11Cl2NO4S/c1-2-3-4-5-15-20(18,19)11-6-8(12(16)17)9(13)7-10(11)14/h1,6-7,15H,3-5H2,(H,16,17). The Morgan fingerprint density at radius 1 is 1.35 bits per heavy atom. The van der Waals surface area contributed by atoms with Crippen molar-refractivity contribution in [3.63, 3.8) is 0 Å². The van der Waals surface area contributed by atoms with Crippen LogP contribution in [0.25, 0.3) is 0 Å². The second-order valence-corrected chi connectivity index (χ2v) is 6.32. The van der Waals surface area contributed by atoms with Gasteiger partial charge in [0.05, 0.1) is 15.6 Å². The van der Waals surface area contributed by atoms with Crippen molar-refractivity contribution in [3.8, 4) is 12.3 Å². The van der Waals surface area contributed by atoms with Crippen molar-refractivity contribution < 1.29 is 18.3 Å². The van der Waals surface area contributed by atoms with Crippen molar-refractivity contribution in [2.45, 2.75) is 17.7 Å². The smallest absolute Gasteiger partial charge is 0.337 e. The molecular formula is C12H11Cl2NO4S. The van der Waals surface area contributed by atoms with Gasteiger partial charge in [0.1, 0.15) is 4.90 Å². The molecule has 1 aromatic carbocycles. The molecule has 0 fully saturated rings. The van der Waals surface area contributed by atoms with E-state index in [-0.39, 0.29) is 27.0 Å². The van der Waals surface area contributed by atoms with Crippen LogP contribution in [0.4, 0.5) is 0 Å². The Morgan fingerprint density at radius 2 is 2.00 bits per heavy atom. The molecule has 8 heteroatoms. The molecule has 0 saturated carbocycles. The fourth-order valence-electron chi connectivity index (χ4n) is 1.37. The SMILES string of the molecule is C#CCCCNS(=O)(=O)c1cc(C(=O)O)c(Cl)cc1Cl. The maximum absolute atomic E-state index is 12.0. The number of carboxylic acid groups (broad SMARTS) is 1. The molecule has 0 bridgehead atoms. The number of hydrogen-bond donors (Lipinski definition) is 2. The zero-order valence-corrected chi connectivity index (χ0v) is 12.5. The molecule has 0 radical (unpaired) electrons. The number of nitrogens with one attached hydrogen (secondary N) is 1. The lowest BCUT2D eigenvalue weighted by molar-refractivity contribution is 0.0697. The molecule has 5 nitrogen and oxygen atoms in total. The van der Waals surface area contributed by atoms with Crippen LogP contribution in [0, 0.1) is 12.3 Å². The molecule has 0 saturated heterocycles. The third-order valence-electron chi connectivity index (χ3n) is 2.33. The second kappa shape index (κ2) is 6.95. The van der Waals surface area contributed by atoms with Gasteiger partial charge in [-0.2, -0.15) is 0 Å². The molecule has 0 aromatic heterocycles. The average molecular weight is 336 g/mol. The maximum atomic E-state index is 12.0. The zero-order valence-electron chi connectivity index (χ0n) is 10.2. The topological polar surface area (TPSA) is 83.5 Å². The first-order valence-corrected chi connectivity index (χ1v) is 7.69. The van der Waals surface area contributed by atoms with E-state index in [2.05, 4.69) is 10.6 Å². The molecular weight excluding hydrogens is 325 g/mol. The van der Waals surface area contributed by atoms with E-state index in [1.54, 1.807) is 0 Å². The van der Waals surface area contributed by atoms with E-state index in [1.165, 1.54) is 0 Å². The van der Waals surface area contributed by atoms with Gasteiger partial charge >= 0.3 is 5.97 Å². The fourth-order valence-corrected chi connectivity index (χ4v) is 3.30. The normalized spacial score (nSPS) is 11.1. The van der Waals surface area contributed by atoms with E-state index in [0.29, 0.717) is 12.8 Å². The molecule has 0 aliphatic carbocycles. The quantitative estimate of drug-likeness (QED) is 0.617. The summed E-state index contributed by atoms with van der Waals surface area (Å²) in [4.78, 5) is 10.6. The highest BCUT2D eigenvalue weighted by atomic mass is 35.5. The van der Waals surface area contributed by atoms with E-state index in [4.69, 9.17) is 34.7 Å². The fraction of sp³-hybridized carbons (Fsp3) is 0.250. The van der Waals surface area contributed by atoms with E-state index in [9.17, 15) is 13.2 Å². The van der Waals surface area contributed by atoms with Gasteiger partial charge in [-0.05, 0) is 18.6 Å². The number of sulfonamides is 1. The Kier molecular flexibility index (Phi) is 5.84. The molecule has 20 heavy (non-hydrogen) atoms. The van der Waals surface area contributed by atoms with Crippen LogP contribution in [0.1, 0.15) is 23.2 Å². The van der Waals surface area contributed by atoms with Crippen LogP contribution in [0.2, 0.25) is 10.0 Å². The van der Waals surface area contributed by atoms with E-state index >= 15 is 0 Å². The molecule has 0 aliphatic rings. The number of terminal acetylenes is 1. The minimum atomic E-state index is -3.92. The first-order valence-electron chi connectivity index (χ1n) is 5.45.